The van der Waals surface area contributed by atoms with Crippen LogP contribution in [0.4, 0.5) is 4.39 Å². The topological polar surface area (TPSA) is 12.0 Å². The Balaban J connectivity index is 0.000000845. The Bertz CT molecular complexity index is 144. The van der Waals surface area contributed by atoms with Gasteiger partial charge in [0, 0.05) is 12.5 Å². The monoisotopic (exact) mass is 207 g/mol. The maximum Gasteiger partial charge on any atom is 0.107 e. The van der Waals surface area contributed by atoms with Gasteiger partial charge in [-0.1, -0.05) is 6.42 Å². The molecule has 2 aliphatic rings. The predicted octanol–water partition coefficient (Wildman–Crippen LogP) is 2.55. The smallest absolute Gasteiger partial charge is 0.107 e. The molecule has 0 radical (unpaired) electrons. The summed E-state index contributed by atoms with van der Waals surface area (Å²) in [5, 5.41) is 3.28. The van der Waals surface area contributed by atoms with Crippen LogP contribution in [0, 0.1) is 11.8 Å². The summed E-state index contributed by atoms with van der Waals surface area (Å²) in [4.78, 5) is 0. The lowest BCUT2D eigenvalue weighted by atomic mass is 9.76. The average molecular weight is 208 g/mol. The summed E-state index contributed by atoms with van der Waals surface area (Å²) in [5.74, 6) is 0.735. The summed E-state index contributed by atoms with van der Waals surface area (Å²) in [7, 11) is 0. The van der Waals surface area contributed by atoms with E-state index >= 15 is 0 Å². The van der Waals surface area contributed by atoms with E-state index in [2.05, 4.69) is 5.32 Å². The van der Waals surface area contributed by atoms with Crippen molar-refractivity contribution in [2.24, 2.45) is 11.8 Å². The zero-order valence-corrected chi connectivity index (χ0v) is 8.78. The van der Waals surface area contributed by atoms with E-state index < -0.39 is 6.17 Å². The minimum absolute atomic E-state index is 0. The first-order valence-electron chi connectivity index (χ1n) is 5.22. The molecule has 0 spiro atoms. The van der Waals surface area contributed by atoms with Crippen LogP contribution in [-0.2, 0) is 0 Å². The second-order valence-corrected chi connectivity index (χ2v) is 4.24. The van der Waals surface area contributed by atoms with E-state index in [0.717, 1.165) is 38.8 Å². The Labute approximate surface area is 85.9 Å². The molecule has 2 fully saturated rings. The minimum atomic E-state index is -0.508. The minimum Gasteiger partial charge on any atom is -0.316 e. The molecule has 0 aromatic heterocycles. The normalized spacial score (nSPS) is 31.6. The first-order valence-corrected chi connectivity index (χ1v) is 5.22. The molecule has 1 nitrogen and oxygen atoms in total. The highest BCUT2D eigenvalue weighted by atomic mass is 35.5. The van der Waals surface area contributed by atoms with Crippen LogP contribution in [0.25, 0.3) is 0 Å². The Morgan fingerprint density at radius 3 is 2.23 bits per heavy atom. The van der Waals surface area contributed by atoms with E-state index in [1.54, 1.807) is 0 Å². The molecule has 13 heavy (non-hydrogen) atoms. The van der Waals surface area contributed by atoms with E-state index in [0.29, 0.717) is 11.8 Å². The third-order valence-electron chi connectivity index (χ3n) is 3.39. The van der Waals surface area contributed by atoms with Crippen molar-refractivity contribution in [2.45, 2.75) is 38.3 Å². The number of rotatable bonds is 2. The highest BCUT2D eigenvalue weighted by Crippen LogP contribution is 2.36. The molecule has 2 unspecified atom stereocenters. The summed E-state index contributed by atoms with van der Waals surface area (Å²) in [5.41, 5.74) is 0. The fourth-order valence-corrected chi connectivity index (χ4v) is 2.29. The fraction of sp³-hybridized carbons (Fsp3) is 1.00. The van der Waals surface area contributed by atoms with Gasteiger partial charge >= 0.3 is 0 Å². The molecule has 0 amide bonds. The SMILES string of the molecule is Cl.FC(C1CCC1)C1CCCNC1. The van der Waals surface area contributed by atoms with Gasteiger partial charge in [-0.15, -0.1) is 12.4 Å². The first kappa shape index (κ1) is 11.3. The lowest BCUT2D eigenvalue weighted by molar-refractivity contribution is 0.0799. The Morgan fingerprint density at radius 2 is 1.77 bits per heavy atom. The van der Waals surface area contributed by atoms with Gasteiger partial charge in [-0.3, -0.25) is 0 Å². The van der Waals surface area contributed by atoms with Crippen molar-refractivity contribution in [1.29, 1.82) is 0 Å². The summed E-state index contributed by atoms with van der Waals surface area (Å²) >= 11 is 0. The standard InChI is InChI=1S/C10H18FN.ClH/c11-10(8-3-1-4-8)9-5-2-6-12-7-9;/h8-10,12H,1-7H2;1H. The van der Waals surface area contributed by atoms with Crippen LogP contribution in [0.15, 0.2) is 0 Å². The third kappa shape index (κ3) is 2.57. The molecule has 1 aliphatic heterocycles. The molecule has 0 aromatic rings. The van der Waals surface area contributed by atoms with Crippen molar-refractivity contribution in [3.05, 3.63) is 0 Å². The number of halogens is 2. The number of hydrogen-bond donors (Lipinski definition) is 1. The highest BCUT2D eigenvalue weighted by molar-refractivity contribution is 5.85. The zero-order valence-electron chi connectivity index (χ0n) is 7.97. The van der Waals surface area contributed by atoms with Gasteiger partial charge in [0.2, 0.25) is 0 Å². The van der Waals surface area contributed by atoms with Gasteiger partial charge in [0.15, 0.2) is 0 Å². The van der Waals surface area contributed by atoms with E-state index in [4.69, 9.17) is 0 Å². The van der Waals surface area contributed by atoms with E-state index in [9.17, 15) is 4.39 Å². The molecular formula is C10H19ClFN. The highest BCUT2D eigenvalue weighted by Gasteiger charge is 2.33. The van der Waals surface area contributed by atoms with Crippen LogP contribution >= 0.6 is 12.4 Å². The van der Waals surface area contributed by atoms with Crippen LogP contribution in [0.3, 0.4) is 0 Å². The number of piperidine rings is 1. The Kier molecular flexibility index (Phi) is 4.47. The van der Waals surface area contributed by atoms with Gasteiger partial charge in [-0.25, -0.2) is 4.39 Å². The molecule has 78 valence electrons. The van der Waals surface area contributed by atoms with Crippen molar-refractivity contribution >= 4 is 12.4 Å². The van der Waals surface area contributed by atoms with Crippen molar-refractivity contribution in [1.82, 2.24) is 5.32 Å². The van der Waals surface area contributed by atoms with Crippen molar-refractivity contribution in [3.8, 4) is 0 Å². The molecule has 1 N–H and O–H groups in total. The van der Waals surface area contributed by atoms with Crippen LogP contribution in [0.1, 0.15) is 32.1 Å². The fourth-order valence-electron chi connectivity index (χ4n) is 2.29. The molecule has 2 rings (SSSR count). The molecule has 2 atom stereocenters. The zero-order chi connectivity index (χ0) is 8.39. The molecule has 1 saturated heterocycles. The maximum atomic E-state index is 13.7. The van der Waals surface area contributed by atoms with Gasteiger partial charge in [0.05, 0.1) is 0 Å². The van der Waals surface area contributed by atoms with Gasteiger partial charge < -0.3 is 5.32 Å². The molecule has 1 aliphatic carbocycles. The van der Waals surface area contributed by atoms with E-state index in [-0.39, 0.29) is 12.4 Å². The molecular weight excluding hydrogens is 189 g/mol. The number of nitrogens with one attached hydrogen (secondary N) is 1. The van der Waals surface area contributed by atoms with Crippen molar-refractivity contribution < 1.29 is 4.39 Å². The second kappa shape index (κ2) is 5.16. The molecule has 3 heteroatoms. The first-order chi connectivity index (χ1) is 5.88. The summed E-state index contributed by atoms with van der Waals surface area (Å²) < 4.78 is 13.7. The quantitative estimate of drug-likeness (QED) is 0.734. The lowest BCUT2D eigenvalue weighted by Crippen LogP contribution is -2.39. The predicted molar refractivity (Wildman–Crippen MR) is 55.1 cm³/mol. The third-order valence-corrected chi connectivity index (χ3v) is 3.39. The molecule has 0 bridgehead atoms. The largest absolute Gasteiger partial charge is 0.316 e. The van der Waals surface area contributed by atoms with Crippen LogP contribution in [0.2, 0.25) is 0 Å². The van der Waals surface area contributed by atoms with Gasteiger partial charge in [-0.2, -0.15) is 0 Å². The Hall–Kier alpha value is 0.180. The van der Waals surface area contributed by atoms with E-state index in [1.165, 1.54) is 6.42 Å². The number of alkyl halides is 1. The second-order valence-electron chi connectivity index (χ2n) is 4.24. The number of hydrogen-bond acceptors (Lipinski definition) is 1. The van der Waals surface area contributed by atoms with Crippen molar-refractivity contribution in [2.75, 3.05) is 13.1 Å². The average Bonchev–Trinajstić information content (AvgIpc) is 2.03. The van der Waals surface area contributed by atoms with Crippen LogP contribution in [0.5, 0.6) is 0 Å². The summed E-state index contributed by atoms with van der Waals surface area (Å²) in [6.45, 7) is 2.01. The van der Waals surface area contributed by atoms with Gasteiger partial charge in [0.25, 0.3) is 0 Å². The summed E-state index contributed by atoms with van der Waals surface area (Å²) in [6, 6.07) is 0. The summed E-state index contributed by atoms with van der Waals surface area (Å²) in [6.07, 6.45) is 5.29. The van der Waals surface area contributed by atoms with Gasteiger partial charge in [-0.05, 0) is 38.1 Å². The molecule has 1 saturated carbocycles. The molecule has 1 heterocycles. The van der Waals surface area contributed by atoms with Crippen LogP contribution in [-0.4, -0.2) is 19.3 Å². The lowest BCUT2D eigenvalue weighted by Gasteiger charge is -2.35. The van der Waals surface area contributed by atoms with E-state index in [1.807, 2.05) is 0 Å². The Morgan fingerprint density at radius 1 is 1.08 bits per heavy atom. The van der Waals surface area contributed by atoms with Gasteiger partial charge in [0.1, 0.15) is 6.17 Å². The van der Waals surface area contributed by atoms with Crippen LogP contribution < -0.4 is 5.32 Å². The molecule has 0 aromatic carbocycles. The van der Waals surface area contributed by atoms with Crippen molar-refractivity contribution in [3.63, 3.8) is 0 Å². The maximum absolute atomic E-state index is 13.7.